The molecule has 0 bridgehead atoms. The van der Waals surface area contributed by atoms with Crippen LogP contribution in [0, 0.1) is 0 Å². The summed E-state index contributed by atoms with van der Waals surface area (Å²) in [5.74, 6) is 0. The fourth-order valence-corrected chi connectivity index (χ4v) is 26.2. The number of aromatic nitrogens is 2. The first-order valence-electron chi connectivity index (χ1n) is 45.4. The summed E-state index contributed by atoms with van der Waals surface area (Å²) in [5, 5.41) is 4.93. The number of anilines is 6. The van der Waals surface area contributed by atoms with Crippen LogP contribution in [0.3, 0.4) is 0 Å². The van der Waals surface area contributed by atoms with Crippen molar-refractivity contribution in [2.75, 3.05) is 9.80 Å². The number of nitrogens with zero attached hydrogens (tertiary/aromatic N) is 4. The second kappa shape index (κ2) is 29.2. The van der Waals surface area contributed by atoms with Crippen molar-refractivity contribution in [1.29, 1.82) is 0 Å². The minimum atomic E-state index is -0.655. The van der Waals surface area contributed by atoms with Crippen LogP contribution >= 0.6 is 23.5 Å². The topological polar surface area (TPSA) is 16.3 Å². The van der Waals surface area contributed by atoms with E-state index in [1.165, 1.54) is 180 Å². The molecule has 131 heavy (non-hydrogen) atoms. The van der Waals surface area contributed by atoms with E-state index in [9.17, 15) is 0 Å². The first-order chi connectivity index (χ1) is 64.8. The second-order valence-electron chi connectivity index (χ2n) is 35.9. The van der Waals surface area contributed by atoms with E-state index in [0.717, 1.165) is 62.2 Å². The Morgan fingerprint density at radius 3 is 1.02 bits per heavy atom. The molecule has 20 aromatic carbocycles. The number of benzene rings is 20. The van der Waals surface area contributed by atoms with Crippen LogP contribution in [-0.2, 0) is 16.2 Å². The maximum Gasteiger partial charge on any atom is 0.0736 e. The zero-order chi connectivity index (χ0) is 86.4. The molecule has 4 nitrogen and oxygen atoms in total. The molecular formula is C125H82N4S2. The standard InChI is InChI=1S/C125H82N4S2/c1-123(2)103-45-19-11-39-93(103)97-71-70-88(78-112(97)123)127(114-52-26-16-38-92(114)80-33-7-4-8-34-80)85-64-68-87(69-65-85)129-116-54-28-18-44-99(116)101-73-76-111-122(120(101)129)131-118-56-30-24-50-109(118)125(111)106-48-22-14-42-96(106)102-77-82(59-74-107(102)125)90-36-10-9-35-89(90)81-57-60-83(61-58-81)126(113-51-25-15-37-91(113)79-31-5-3-6-32-79)84-62-66-86(67-63-84)128-115-53-27-17-43-98(115)100-72-75-110-121(119(100)128)130-117-55-29-23-49-108(117)124(110)104-46-20-12-40-94(104)95-41-13-21-47-105(95)124/h3-78H,1-2H3. The van der Waals surface area contributed by atoms with E-state index >= 15 is 0 Å². The molecule has 0 saturated heterocycles. The van der Waals surface area contributed by atoms with Gasteiger partial charge in [0, 0.05) is 91.8 Å². The molecule has 0 amide bonds. The van der Waals surface area contributed by atoms with Crippen molar-refractivity contribution in [3.05, 3.63) is 517 Å². The average Bonchev–Trinajstić information content (AvgIpc) is 1.55. The third-order valence-electron chi connectivity index (χ3n) is 29.1. The van der Waals surface area contributed by atoms with Gasteiger partial charge in [0.05, 0.1) is 44.3 Å². The third-order valence-corrected chi connectivity index (χ3v) is 31.5. The molecule has 22 aromatic rings. The molecular weight excluding hydrogens is 1620 g/mol. The lowest BCUT2D eigenvalue weighted by Crippen LogP contribution is -2.32. The number of hydrogen-bond acceptors (Lipinski definition) is 4. The number of rotatable bonds is 12. The minimum Gasteiger partial charge on any atom is -0.310 e. The van der Waals surface area contributed by atoms with Gasteiger partial charge in [-0.05, 0) is 238 Å². The molecule has 1 unspecified atom stereocenters. The van der Waals surface area contributed by atoms with E-state index in [2.05, 4.69) is 494 Å². The molecule has 6 heteroatoms. The molecule has 0 radical (unpaired) electrons. The summed E-state index contributed by atoms with van der Waals surface area (Å²) in [6, 6.07) is 174. The Bertz CT molecular complexity index is 8460. The fraction of sp³-hybridized carbons (Fsp3) is 0.0400. The zero-order valence-electron chi connectivity index (χ0n) is 72.0. The Balaban J connectivity index is 0.568. The Morgan fingerprint density at radius 1 is 0.206 bits per heavy atom. The first kappa shape index (κ1) is 75.4. The van der Waals surface area contributed by atoms with Crippen molar-refractivity contribution < 1.29 is 0 Å². The third kappa shape index (κ3) is 10.9. The van der Waals surface area contributed by atoms with Gasteiger partial charge in [0.1, 0.15) is 0 Å². The molecule has 1 atom stereocenters. The zero-order valence-corrected chi connectivity index (χ0v) is 73.6. The largest absolute Gasteiger partial charge is 0.310 e. The molecule has 5 aliphatic rings. The van der Waals surface area contributed by atoms with Gasteiger partial charge in [-0.25, -0.2) is 0 Å². The molecule has 0 saturated carbocycles. The van der Waals surface area contributed by atoms with Gasteiger partial charge >= 0.3 is 0 Å². The van der Waals surface area contributed by atoms with Crippen molar-refractivity contribution in [2.45, 2.75) is 49.7 Å². The summed E-state index contributed by atoms with van der Waals surface area (Å²) < 4.78 is 5.11. The molecule has 27 rings (SSSR count). The predicted molar refractivity (Wildman–Crippen MR) is 547 cm³/mol. The van der Waals surface area contributed by atoms with Crippen LogP contribution in [0.2, 0.25) is 0 Å². The molecule has 2 spiro atoms. The number of hydrogen-bond donors (Lipinski definition) is 0. The SMILES string of the molecule is CC1(C)c2ccccc2-c2ccc(N(c3ccc(-n4c5ccccc5c5ccc6c(c54)Sc4ccccc4C64c5ccccc5-c5cc(-c6ccccc6-c6ccc(N(c7ccc(-n8c9ccccc9c9ccc%10c(c98)Sc8ccccc8C%108c9ccccc9-c9ccccc98)cc7)c7ccccc7-c7ccccc7)cc6)ccc54)cc3)c3ccccc3-c3ccccc3)cc21. The van der Waals surface area contributed by atoms with Crippen molar-refractivity contribution in [3.63, 3.8) is 0 Å². The van der Waals surface area contributed by atoms with Crippen LogP contribution < -0.4 is 9.80 Å². The quantitative estimate of drug-likeness (QED) is 0.121. The van der Waals surface area contributed by atoms with Crippen LogP contribution in [-0.4, -0.2) is 9.13 Å². The normalized spacial score (nSPS) is 14.6. The van der Waals surface area contributed by atoms with Gasteiger partial charge in [0.25, 0.3) is 0 Å². The van der Waals surface area contributed by atoms with Gasteiger partial charge in [0.15, 0.2) is 0 Å². The summed E-state index contributed by atoms with van der Waals surface area (Å²) in [7, 11) is 0. The van der Waals surface area contributed by atoms with Gasteiger partial charge in [-0.2, -0.15) is 0 Å². The maximum atomic E-state index is 2.56. The summed E-state index contributed by atoms with van der Waals surface area (Å²) in [6.07, 6.45) is 0. The first-order valence-corrected chi connectivity index (χ1v) is 47.1. The number of para-hydroxylation sites is 4. The van der Waals surface area contributed by atoms with E-state index in [4.69, 9.17) is 0 Å². The molecule has 614 valence electrons. The monoisotopic (exact) mass is 1700 g/mol. The molecule has 3 aliphatic carbocycles. The Morgan fingerprint density at radius 2 is 0.534 bits per heavy atom. The molecule has 0 N–H and O–H groups in total. The fourth-order valence-electron chi connectivity index (χ4n) is 23.5. The second-order valence-corrected chi connectivity index (χ2v) is 38.0. The van der Waals surface area contributed by atoms with Crippen LogP contribution in [0.1, 0.15) is 69.5 Å². The molecule has 2 aliphatic heterocycles. The van der Waals surface area contributed by atoms with Crippen LogP contribution in [0.15, 0.2) is 481 Å². The maximum absolute atomic E-state index is 2.56. The van der Waals surface area contributed by atoms with Crippen molar-refractivity contribution >= 4 is 101 Å². The van der Waals surface area contributed by atoms with Gasteiger partial charge in [-0.15, -0.1) is 0 Å². The molecule has 2 aromatic heterocycles. The van der Waals surface area contributed by atoms with E-state index in [-0.39, 0.29) is 5.41 Å². The Labute approximate surface area is 770 Å². The van der Waals surface area contributed by atoms with E-state index in [1.54, 1.807) is 0 Å². The molecule has 0 fully saturated rings. The van der Waals surface area contributed by atoms with Crippen molar-refractivity contribution in [3.8, 4) is 89.3 Å². The lowest BCUT2D eigenvalue weighted by Gasteiger charge is -2.40. The lowest BCUT2D eigenvalue weighted by atomic mass is 9.67. The van der Waals surface area contributed by atoms with Crippen LogP contribution in [0.5, 0.6) is 0 Å². The van der Waals surface area contributed by atoms with E-state index in [1.807, 2.05) is 23.5 Å². The van der Waals surface area contributed by atoms with Crippen LogP contribution in [0.25, 0.3) is 133 Å². The average molecular weight is 1700 g/mol. The van der Waals surface area contributed by atoms with Crippen molar-refractivity contribution in [1.82, 2.24) is 9.13 Å². The lowest BCUT2D eigenvalue weighted by molar-refractivity contribution is 0.660. The summed E-state index contributed by atoms with van der Waals surface area (Å²) in [6.45, 7) is 4.75. The highest BCUT2D eigenvalue weighted by Gasteiger charge is 2.53. The highest BCUT2D eigenvalue weighted by Crippen LogP contribution is 2.67. The van der Waals surface area contributed by atoms with Crippen LogP contribution in [0.4, 0.5) is 34.1 Å². The van der Waals surface area contributed by atoms with E-state index in [0.29, 0.717) is 0 Å². The summed E-state index contributed by atoms with van der Waals surface area (Å²) in [4.78, 5) is 10.0. The van der Waals surface area contributed by atoms with Gasteiger partial charge < -0.3 is 18.9 Å². The Kier molecular flexibility index (Phi) is 16.8. The number of fused-ring (bicyclic) bond motifs is 29. The van der Waals surface area contributed by atoms with Gasteiger partial charge in [-0.1, -0.05) is 383 Å². The van der Waals surface area contributed by atoms with Gasteiger partial charge in [0.2, 0.25) is 0 Å². The van der Waals surface area contributed by atoms with Gasteiger partial charge in [-0.3, -0.25) is 0 Å². The smallest absolute Gasteiger partial charge is 0.0736 e. The Hall–Kier alpha value is -15.7. The highest BCUT2D eigenvalue weighted by molar-refractivity contribution is 8.00. The highest BCUT2D eigenvalue weighted by atomic mass is 32.2. The summed E-state index contributed by atoms with van der Waals surface area (Å²) >= 11 is 3.84. The molecule has 4 heterocycles. The summed E-state index contributed by atoms with van der Waals surface area (Å²) in [5.41, 5.74) is 42.3. The van der Waals surface area contributed by atoms with Crippen molar-refractivity contribution in [2.24, 2.45) is 0 Å². The predicted octanol–water partition coefficient (Wildman–Crippen LogP) is 33.5. The minimum absolute atomic E-state index is 0.181. The van der Waals surface area contributed by atoms with E-state index < -0.39 is 10.8 Å².